The zero-order valence-electron chi connectivity index (χ0n) is 12.3. The van der Waals surface area contributed by atoms with Crippen LogP contribution in [0.2, 0.25) is 0 Å². The lowest BCUT2D eigenvalue weighted by Crippen LogP contribution is -2.66. The molecule has 114 valence electrons. The van der Waals surface area contributed by atoms with E-state index in [9.17, 15) is 8.42 Å². The molecule has 0 radical (unpaired) electrons. The third kappa shape index (κ3) is 2.81. The van der Waals surface area contributed by atoms with Crippen LogP contribution < -0.4 is 5.32 Å². The minimum atomic E-state index is -2.96. The van der Waals surface area contributed by atoms with Gasteiger partial charge in [-0.15, -0.1) is 0 Å². The fourth-order valence-electron chi connectivity index (χ4n) is 4.08. The molecule has 2 heterocycles. The van der Waals surface area contributed by atoms with Crippen LogP contribution in [0.25, 0.3) is 0 Å². The topological polar surface area (TPSA) is 49.4 Å². The second-order valence-electron chi connectivity index (χ2n) is 6.68. The Morgan fingerprint density at radius 2 is 2.05 bits per heavy atom. The van der Waals surface area contributed by atoms with Crippen LogP contribution in [-0.2, 0) is 9.84 Å². The van der Waals surface area contributed by atoms with E-state index in [1.807, 2.05) is 6.08 Å². The summed E-state index contributed by atoms with van der Waals surface area (Å²) >= 11 is 0. The zero-order valence-corrected chi connectivity index (χ0v) is 13.2. The molecule has 2 atom stereocenters. The van der Waals surface area contributed by atoms with Gasteiger partial charge >= 0.3 is 0 Å². The highest BCUT2D eigenvalue weighted by Crippen LogP contribution is 2.34. The zero-order chi connectivity index (χ0) is 14.2. The molecule has 3 aliphatic rings. The van der Waals surface area contributed by atoms with Crippen molar-refractivity contribution in [2.24, 2.45) is 0 Å². The Morgan fingerprint density at radius 1 is 1.30 bits per heavy atom. The molecule has 4 nitrogen and oxygen atoms in total. The van der Waals surface area contributed by atoms with Gasteiger partial charge in [-0.2, -0.15) is 0 Å². The van der Waals surface area contributed by atoms with Crippen LogP contribution in [0.4, 0.5) is 0 Å². The number of sulfone groups is 1. The van der Waals surface area contributed by atoms with Crippen molar-refractivity contribution in [2.45, 2.75) is 63.1 Å². The van der Waals surface area contributed by atoms with Gasteiger partial charge in [0.1, 0.15) is 0 Å². The van der Waals surface area contributed by atoms with Gasteiger partial charge in [0.25, 0.3) is 0 Å². The first-order valence-corrected chi connectivity index (χ1v) is 9.67. The van der Waals surface area contributed by atoms with E-state index in [0.717, 1.165) is 19.5 Å². The van der Waals surface area contributed by atoms with E-state index < -0.39 is 9.84 Å². The molecule has 2 fully saturated rings. The number of rotatable bonds is 2. The molecule has 1 saturated carbocycles. The molecule has 3 rings (SSSR count). The summed E-state index contributed by atoms with van der Waals surface area (Å²) < 4.78 is 23.4. The Kier molecular flexibility index (Phi) is 3.95. The quantitative estimate of drug-likeness (QED) is 0.843. The maximum atomic E-state index is 11.7. The van der Waals surface area contributed by atoms with Gasteiger partial charge in [-0.25, -0.2) is 8.42 Å². The van der Waals surface area contributed by atoms with Crippen molar-refractivity contribution in [1.29, 1.82) is 0 Å². The number of hydrogen-bond donors (Lipinski definition) is 1. The fraction of sp³-hybridized carbons (Fsp3) is 0.867. The Bertz CT molecular complexity index is 480. The summed E-state index contributed by atoms with van der Waals surface area (Å²) in [5.74, 6) is 0.277. The molecule has 5 heteroatoms. The second kappa shape index (κ2) is 5.43. The van der Waals surface area contributed by atoms with Gasteiger partial charge in [0.05, 0.1) is 5.75 Å². The minimum absolute atomic E-state index is 0.0888. The molecule has 1 spiro atoms. The summed E-state index contributed by atoms with van der Waals surface area (Å²) in [4.78, 5) is 2.46. The first kappa shape index (κ1) is 14.5. The van der Waals surface area contributed by atoms with Gasteiger partial charge in [-0.05, 0) is 19.3 Å². The Balaban J connectivity index is 1.77. The van der Waals surface area contributed by atoms with Crippen LogP contribution >= 0.6 is 0 Å². The first-order chi connectivity index (χ1) is 9.54. The highest BCUT2D eigenvalue weighted by molar-refractivity contribution is 7.94. The first-order valence-electron chi connectivity index (χ1n) is 7.95. The van der Waals surface area contributed by atoms with Crippen LogP contribution in [0.15, 0.2) is 11.5 Å². The molecule has 0 aromatic rings. The van der Waals surface area contributed by atoms with E-state index in [1.54, 1.807) is 0 Å². The Morgan fingerprint density at radius 3 is 2.65 bits per heavy atom. The largest absolute Gasteiger partial charge is 0.308 e. The highest BCUT2D eigenvalue weighted by atomic mass is 32.2. The van der Waals surface area contributed by atoms with Crippen molar-refractivity contribution in [3.8, 4) is 0 Å². The maximum absolute atomic E-state index is 11.7. The minimum Gasteiger partial charge on any atom is -0.308 e. The molecule has 0 aromatic heterocycles. The molecule has 0 bridgehead atoms. The van der Waals surface area contributed by atoms with E-state index >= 15 is 0 Å². The number of nitrogens with one attached hydrogen (secondary N) is 1. The molecule has 0 aromatic carbocycles. The summed E-state index contributed by atoms with van der Waals surface area (Å²) in [7, 11) is -2.96. The predicted octanol–water partition coefficient (Wildman–Crippen LogP) is 1.68. The van der Waals surface area contributed by atoms with Crippen molar-refractivity contribution >= 4 is 9.84 Å². The van der Waals surface area contributed by atoms with Crippen molar-refractivity contribution in [3.63, 3.8) is 0 Å². The smallest absolute Gasteiger partial charge is 0.173 e. The molecule has 2 aliphatic heterocycles. The van der Waals surface area contributed by atoms with Gasteiger partial charge < -0.3 is 5.32 Å². The number of piperazine rings is 1. The lowest BCUT2D eigenvalue weighted by atomic mass is 9.79. The molecule has 1 N–H and O–H groups in total. The van der Waals surface area contributed by atoms with E-state index in [2.05, 4.69) is 17.1 Å². The van der Waals surface area contributed by atoms with Crippen LogP contribution in [0.1, 0.15) is 45.4 Å². The number of hydrogen-bond acceptors (Lipinski definition) is 4. The monoisotopic (exact) mass is 298 g/mol. The van der Waals surface area contributed by atoms with Crippen LogP contribution in [0.3, 0.4) is 0 Å². The summed E-state index contributed by atoms with van der Waals surface area (Å²) in [5, 5.41) is 5.21. The molecular weight excluding hydrogens is 272 g/mol. The fourth-order valence-corrected chi connectivity index (χ4v) is 5.39. The molecule has 1 saturated heterocycles. The molecule has 2 unspecified atom stereocenters. The predicted molar refractivity (Wildman–Crippen MR) is 81.3 cm³/mol. The normalized spacial score (nSPS) is 36.5. The lowest BCUT2D eigenvalue weighted by molar-refractivity contribution is 0.0414. The summed E-state index contributed by atoms with van der Waals surface area (Å²) in [6, 6.07) is 0.552. The summed E-state index contributed by atoms with van der Waals surface area (Å²) in [5.41, 5.74) is 0.240. The van der Waals surface area contributed by atoms with Crippen molar-refractivity contribution in [3.05, 3.63) is 11.5 Å². The van der Waals surface area contributed by atoms with Crippen molar-refractivity contribution < 1.29 is 8.42 Å². The molecule has 20 heavy (non-hydrogen) atoms. The average molecular weight is 298 g/mol. The van der Waals surface area contributed by atoms with E-state index in [0.29, 0.717) is 6.04 Å². The van der Waals surface area contributed by atoms with E-state index in [1.165, 1.54) is 37.5 Å². The second-order valence-corrected chi connectivity index (χ2v) is 8.61. The van der Waals surface area contributed by atoms with E-state index in [-0.39, 0.29) is 17.3 Å². The van der Waals surface area contributed by atoms with E-state index in [4.69, 9.17) is 0 Å². The van der Waals surface area contributed by atoms with Gasteiger partial charge in [0.2, 0.25) is 0 Å². The number of nitrogens with zero attached hydrogens (tertiary/aromatic N) is 1. The lowest BCUT2D eigenvalue weighted by Gasteiger charge is -2.51. The van der Waals surface area contributed by atoms with Crippen LogP contribution in [-0.4, -0.2) is 49.8 Å². The molecule has 0 amide bonds. The van der Waals surface area contributed by atoms with Gasteiger partial charge in [0, 0.05) is 36.1 Å². The Labute approximate surface area is 122 Å². The van der Waals surface area contributed by atoms with Crippen LogP contribution in [0.5, 0.6) is 0 Å². The highest BCUT2D eigenvalue weighted by Gasteiger charge is 2.42. The standard InChI is InChI=1S/C15H26N2O2S/c1-2-13-10-16-15(7-4-3-5-8-15)12-17(13)14-6-9-20(18,19)11-14/h6,9,13-14,16H,2-5,7-8,10-12H2,1H3. The summed E-state index contributed by atoms with van der Waals surface area (Å²) in [6.45, 7) is 4.21. The Hall–Kier alpha value is -0.390. The van der Waals surface area contributed by atoms with Crippen LogP contribution in [0, 0.1) is 0 Å². The SMILES string of the molecule is CCC1CNC2(CCCCC2)CN1C1C=CS(=O)(=O)C1. The third-order valence-electron chi connectivity index (χ3n) is 5.29. The van der Waals surface area contributed by atoms with Crippen molar-refractivity contribution in [1.82, 2.24) is 10.2 Å². The molecular formula is C15H26N2O2S. The average Bonchev–Trinajstić information content (AvgIpc) is 2.80. The molecule has 1 aliphatic carbocycles. The van der Waals surface area contributed by atoms with Crippen molar-refractivity contribution in [2.75, 3.05) is 18.8 Å². The van der Waals surface area contributed by atoms with Gasteiger partial charge in [-0.3, -0.25) is 4.90 Å². The maximum Gasteiger partial charge on any atom is 0.173 e. The summed E-state index contributed by atoms with van der Waals surface area (Å²) in [6.07, 6.45) is 9.41. The third-order valence-corrected chi connectivity index (χ3v) is 6.66. The van der Waals surface area contributed by atoms with Gasteiger partial charge in [0.15, 0.2) is 9.84 Å². The van der Waals surface area contributed by atoms with Gasteiger partial charge in [-0.1, -0.05) is 32.3 Å².